The summed E-state index contributed by atoms with van der Waals surface area (Å²) in [4.78, 5) is 5.21. The van der Waals surface area contributed by atoms with Crippen LogP contribution in [0.25, 0.3) is 70.8 Å². The highest BCUT2D eigenvalue weighted by Gasteiger charge is 2.30. The van der Waals surface area contributed by atoms with Gasteiger partial charge in [-0.1, -0.05) is 103 Å². The molecular weight excluding hydrogens is 611 g/mol. The zero-order valence-electron chi connectivity index (χ0n) is 27.0. The topological polar surface area (TPSA) is 42.5 Å². The average Bonchev–Trinajstić information content (AvgIpc) is 3.72. The van der Waals surface area contributed by atoms with Gasteiger partial charge in [0.25, 0.3) is 0 Å². The van der Waals surface area contributed by atoms with E-state index < -0.39 is 0 Å². The number of furan rings is 1. The minimum absolute atomic E-state index is 0.187. The fourth-order valence-electron chi connectivity index (χ4n) is 8.00. The van der Waals surface area contributed by atoms with Gasteiger partial charge >= 0.3 is 0 Å². The molecule has 0 fully saturated rings. The minimum atomic E-state index is -0.187. The van der Waals surface area contributed by atoms with Crippen molar-refractivity contribution in [3.8, 4) is 5.69 Å². The van der Waals surface area contributed by atoms with Crippen molar-refractivity contribution in [1.82, 2.24) is 9.88 Å². The second kappa shape index (κ2) is 10.4. The molecule has 50 heavy (non-hydrogen) atoms. The Bertz CT molecular complexity index is 3020. The van der Waals surface area contributed by atoms with E-state index in [0.717, 1.165) is 45.1 Å². The lowest BCUT2D eigenvalue weighted by molar-refractivity contribution is 0.504. The van der Waals surface area contributed by atoms with Crippen LogP contribution in [0.1, 0.15) is 22.9 Å². The molecule has 0 spiro atoms. The molecule has 3 heterocycles. The fraction of sp³-hybridized carbons (Fsp3) is 0.0217. The number of para-hydroxylation sites is 1. The van der Waals surface area contributed by atoms with Crippen molar-refractivity contribution in [1.29, 1.82) is 0 Å². The molecule has 1 aliphatic heterocycles. The molecule has 10 aromatic rings. The summed E-state index contributed by atoms with van der Waals surface area (Å²) in [6, 6.07) is 58.4. The molecule has 8 aromatic carbocycles. The predicted molar refractivity (Wildman–Crippen MR) is 207 cm³/mol. The smallest absolute Gasteiger partial charge is 0.157 e. The molecule has 4 nitrogen and oxygen atoms in total. The number of nitrogens with one attached hydrogen (secondary N) is 1. The van der Waals surface area contributed by atoms with Gasteiger partial charge in [0.15, 0.2) is 5.76 Å². The SMILES string of the molecule is c1ccc2cc(C3NC(c4ccc(-n5c6cc7ccccc7cc6c6c7ccccc7ccc65)cc4)=Nc4c3oc3ccccc43)ccc2c1. The Labute approximate surface area is 287 Å². The van der Waals surface area contributed by atoms with Crippen LogP contribution < -0.4 is 5.32 Å². The first kappa shape index (κ1) is 27.3. The van der Waals surface area contributed by atoms with Gasteiger partial charge in [-0.05, 0) is 98.5 Å². The maximum atomic E-state index is 6.49. The molecule has 1 N–H and O–H groups in total. The van der Waals surface area contributed by atoms with E-state index >= 15 is 0 Å². The van der Waals surface area contributed by atoms with Crippen LogP contribution in [-0.4, -0.2) is 10.4 Å². The summed E-state index contributed by atoms with van der Waals surface area (Å²) in [5.41, 5.74) is 7.39. The summed E-state index contributed by atoms with van der Waals surface area (Å²) in [6.07, 6.45) is 0. The van der Waals surface area contributed by atoms with Gasteiger partial charge in [0.05, 0.1) is 11.0 Å². The molecule has 0 saturated carbocycles. The van der Waals surface area contributed by atoms with Crippen molar-refractivity contribution >= 4 is 76.6 Å². The Morgan fingerprint density at radius 3 is 2.00 bits per heavy atom. The lowest BCUT2D eigenvalue weighted by Gasteiger charge is -2.25. The van der Waals surface area contributed by atoms with Crippen LogP contribution in [0.4, 0.5) is 5.69 Å². The first-order valence-electron chi connectivity index (χ1n) is 17.1. The lowest BCUT2D eigenvalue weighted by Crippen LogP contribution is -2.32. The number of amidine groups is 1. The van der Waals surface area contributed by atoms with Gasteiger partial charge in [-0.25, -0.2) is 4.99 Å². The molecular formula is C46H29N3O. The van der Waals surface area contributed by atoms with Crippen LogP contribution in [0, 0.1) is 0 Å². The molecule has 0 bridgehead atoms. The van der Waals surface area contributed by atoms with Crippen molar-refractivity contribution in [3.63, 3.8) is 0 Å². The van der Waals surface area contributed by atoms with Crippen LogP contribution in [-0.2, 0) is 0 Å². The maximum absolute atomic E-state index is 6.49. The lowest BCUT2D eigenvalue weighted by atomic mass is 9.97. The number of rotatable bonds is 3. The molecule has 2 aromatic heterocycles. The largest absolute Gasteiger partial charge is 0.456 e. The van der Waals surface area contributed by atoms with Gasteiger partial charge in [-0.15, -0.1) is 0 Å². The first-order chi connectivity index (χ1) is 24.8. The predicted octanol–water partition coefficient (Wildman–Crippen LogP) is 11.8. The van der Waals surface area contributed by atoms with Crippen LogP contribution in [0.2, 0.25) is 0 Å². The summed E-state index contributed by atoms with van der Waals surface area (Å²) < 4.78 is 8.90. The van der Waals surface area contributed by atoms with Gasteiger partial charge < -0.3 is 14.3 Å². The van der Waals surface area contributed by atoms with E-state index in [2.05, 4.69) is 155 Å². The van der Waals surface area contributed by atoms with Crippen LogP contribution in [0.5, 0.6) is 0 Å². The average molecular weight is 640 g/mol. The summed E-state index contributed by atoms with van der Waals surface area (Å²) >= 11 is 0. The number of fused-ring (bicyclic) bond motifs is 10. The molecule has 234 valence electrons. The Balaban J connectivity index is 1.08. The molecule has 0 saturated heterocycles. The highest BCUT2D eigenvalue weighted by atomic mass is 16.3. The molecule has 0 radical (unpaired) electrons. The number of nitrogens with zero attached hydrogens (tertiary/aromatic N) is 2. The van der Waals surface area contributed by atoms with Gasteiger partial charge in [0.2, 0.25) is 0 Å². The molecule has 4 heteroatoms. The quantitative estimate of drug-likeness (QED) is 0.209. The summed E-state index contributed by atoms with van der Waals surface area (Å²) in [5, 5.41) is 14.7. The van der Waals surface area contributed by atoms with Crippen molar-refractivity contribution in [3.05, 3.63) is 181 Å². The minimum Gasteiger partial charge on any atom is -0.456 e. The van der Waals surface area contributed by atoms with Crippen molar-refractivity contribution in [2.75, 3.05) is 0 Å². The third-order valence-corrected chi connectivity index (χ3v) is 10.4. The maximum Gasteiger partial charge on any atom is 0.157 e. The first-order valence-corrected chi connectivity index (χ1v) is 17.1. The van der Waals surface area contributed by atoms with Crippen LogP contribution in [0.3, 0.4) is 0 Å². The van der Waals surface area contributed by atoms with Crippen LogP contribution >= 0.6 is 0 Å². The number of aliphatic imine (C=N–C) groups is 1. The number of benzene rings is 8. The standard InChI is InChI=1S/C46H29N3O/c1-2-11-31-25-34(18-17-28(31)9-1)43-45-44(37-15-7-8-16-41(37)50-45)48-46(47-43)30-19-22-35(23-20-30)49-39-24-21-29-10-5-6-14-36(29)42(39)38-26-32-12-3-4-13-33(32)27-40(38)49/h1-27,43H,(H,47,48). The highest BCUT2D eigenvalue weighted by molar-refractivity contribution is 6.23. The summed E-state index contributed by atoms with van der Waals surface area (Å²) in [6.45, 7) is 0. The van der Waals surface area contributed by atoms with Crippen LogP contribution in [0.15, 0.2) is 173 Å². The molecule has 0 aliphatic carbocycles. The number of hydrogen-bond acceptors (Lipinski definition) is 3. The van der Waals surface area contributed by atoms with Gasteiger partial charge in [-0.2, -0.15) is 0 Å². The van der Waals surface area contributed by atoms with E-state index in [1.165, 1.54) is 54.1 Å². The van der Waals surface area contributed by atoms with E-state index in [1.54, 1.807) is 0 Å². The Kier molecular flexibility index (Phi) is 5.69. The third kappa shape index (κ3) is 4.02. The monoisotopic (exact) mass is 639 g/mol. The van der Waals surface area contributed by atoms with E-state index in [-0.39, 0.29) is 6.04 Å². The van der Waals surface area contributed by atoms with Crippen molar-refractivity contribution in [2.45, 2.75) is 6.04 Å². The number of hydrogen-bond donors (Lipinski definition) is 1. The second-order valence-corrected chi connectivity index (χ2v) is 13.2. The zero-order valence-corrected chi connectivity index (χ0v) is 27.0. The summed E-state index contributed by atoms with van der Waals surface area (Å²) in [5.74, 6) is 1.67. The Hall–Kier alpha value is -6.65. The van der Waals surface area contributed by atoms with E-state index in [4.69, 9.17) is 9.41 Å². The van der Waals surface area contributed by atoms with Crippen molar-refractivity contribution < 1.29 is 4.42 Å². The van der Waals surface area contributed by atoms with E-state index in [0.29, 0.717) is 0 Å². The molecule has 1 aliphatic rings. The third-order valence-electron chi connectivity index (χ3n) is 10.4. The van der Waals surface area contributed by atoms with E-state index in [1.807, 2.05) is 18.2 Å². The molecule has 1 atom stereocenters. The fourth-order valence-corrected chi connectivity index (χ4v) is 8.00. The van der Waals surface area contributed by atoms with Gasteiger partial charge in [-0.3, -0.25) is 0 Å². The van der Waals surface area contributed by atoms with Gasteiger partial charge in [0.1, 0.15) is 23.1 Å². The van der Waals surface area contributed by atoms with Gasteiger partial charge in [0, 0.05) is 27.4 Å². The Morgan fingerprint density at radius 1 is 0.520 bits per heavy atom. The van der Waals surface area contributed by atoms with Crippen molar-refractivity contribution in [2.24, 2.45) is 4.99 Å². The molecule has 0 amide bonds. The highest BCUT2D eigenvalue weighted by Crippen LogP contribution is 2.43. The second-order valence-electron chi connectivity index (χ2n) is 13.2. The molecule has 11 rings (SSSR count). The Morgan fingerprint density at radius 2 is 1.18 bits per heavy atom. The number of aromatic nitrogens is 1. The normalized spacial score (nSPS) is 14.5. The molecule has 1 unspecified atom stereocenters. The summed E-state index contributed by atoms with van der Waals surface area (Å²) in [7, 11) is 0. The van der Waals surface area contributed by atoms with E-state index in [9.17, 15) is 0 Å². The zero-order chi connectivity index (χ0) is 32.8.